The number of aromatic nitrogens is 1. The molecule has 0 saturated heterocycles. The molecule has 1 aromatic heterocycles. The van der Waals surface area contributed by atoms with Crippen LogP contribution in [0.15, 0.2) is 28.7 Å². The second-order valence-corrected chi connectivity index (χ2v) is 7.64. The van der Waals surface area contributed by atoms with Crippen molar-refractivity contribution in [3.63, 3.8) is 0 Å². The Morgan fingerprint density at radius 1 is 1.26 bits per heavy atom. The lowest BCUT2D eigenvalue weighted by Gasteiger charge is -2.04. The van der Waals surface area contributed by atoms with Crippen LogP contribution in [-0.4, -0.2) is 4.98 Å². The van der Waals surface area contributed by atoms with E-state index in [2.05, 4.69) is 54.0 Å². The average molecular weight is 336 g/mol. The molecule has 1 nitrogen and oxygen atoms in total. The van der Waals surface area contributed by atoms with Gasteiger partial charge in [0.1, 0.15) is 0 Å². The summed E-state index contributed by atoms with van der Waals surface area (Å²) in [5.74, 6) is 1.55. The molecule has 1 aliphatic carbocycles. The van der Waals surface area contributed by atoms with E-state index < -0.39 is 0 Å². The molecule has 1 saturated carbocycles. The van der Waals surface area contributed by atoms with Crippen molar-refractivity contribution in [3.05, 3.63) is 38.6 Å². The van der Waals surface area contributed by atoms with Crippen LogP contribution in [-0.2, 0) is 0 Å². The Morgan fingerprint density at radius 2 is 2.05 bits per heavy atom. The second-order valence-electron chi connectivity index (χ2n) is 5.55. The van der Waals surface area contributed by atoms with Crippen molar-refractivity contribution in [1.29, 1.82) is 0 Å². The van der Waals surface area contributed by atoms with Crippen LogP contribution < -0.4 is 0 Å². The molecule has 0 bridgehead atoms. The van der Waals surface area contributed by atoms with Gasteiger partial charge >= 0.3 is 0 Å². The fourth-order valence-electron chi connectivity index (χ4n) is 2.93. The van der Waals surface area contributed by atoms with Crippen LogP contribution in [0.5, 0.6) is 0 Å². The molecular weight excluding hydrogens is 318 g/mol. The standard InChI is InChI=1S/C16H18BrNS/c1-10-7-8-12(9-10)16-18-15(11(2)19-16)13-5-3-4-6-14(13)17/h3-6,10,12H,7-9H2,1-2H3. The van der Waals surface area contributed by atoms with Gasteiger partial charge in [-0.05, 0) is 31.7 Å². The van der Waals surface area contributed by atoms with E-state index in [1.165, 1.54) is 34.7 Å². The van der Waals surface area contributed by atoms with Crippen molar-refractivity contribution in [1.82, 2.24) is 4.98 Å². The van der Waals surface area contributed by atoms with E-state index in [1.807, 2.05) is 11.3 Å². The molecule has 3 rings (SSSR count). The van der Waals surface area contributed by atoms with Crippen molar-refractivity contribution in [2.75, 3.05) is 0 Å². The lowest BCUT2D eigenvalue weighted by atomic mass is 10.1. The first-order valence-electron chi connectivity index (χ1n) is 6.87. The molecule has 19 heavy (non-hydrogen) atoms. The maximum absolute atomic E-state index is 4.95. The van der Waals surface area contributed by atoms with Gasteiger partial charge in [0.25, 0.3) is 0 Å². The molecule has 100 valence electrons. The van der Waals surface area contributed by atoms with Gasteiger partial charge in [0.05, 0.1) is 10.7 Å². The molecule has 2 atom stereocenters. The number of hydrogen-bond acceptors (Lipinski definition) is 2. The van der Waals surface area contributed by atoms with Crippen molar-refractivity contribution in [2.24, 2.45) is 5.92 Å². The van der Waals surface area contributed by atoms with E-state index in [0.29, 0.717) is 5.92 Å². The maximum Gasteiger partial charge on any atom is 0.0966 e. The predicted octanol–water partition coefficient (Wildman–Crippen LogP) is 5.78. The number of rotatable bonds is 2. The average Bonchev–Trinajstić information content (AvgIpc) is 2.96. The van der Waals surface area contributed by atoms with E-state index in [-0.39, 0.29) is 0 Å². The largest absolute Gasteiger partial charge is 0.241 e. The van der Waals surface area contributed by atoms with Gasteiger partial charge in [-0.25, -0.2) is 4.98 Å². The molecule has 3 heteroatoms. The lowest BCUT2D eigenvalue weighted by molar-refractivity contribution is 0.596. The first kappa shape index (κ1) is 13.3. The van der Waals surface area contributed by atoms with Crippen LogP contribution in [0.2, 0.25) is 0 Å². The van der Waals surface area contributed by atoms with Crippen molar-refractivity contribution < 1.29 is 0 Å². The van der Waals surface area contributed by atoms with E-state index in [9.17, 15) is 0 Å². The molecule has 0 radical (unpaired) electrons. The first-order valence-corrected chi connectivity index (χ1v) is 8.48. The summed E-state index contributed by atoms with van der Waals surface area (Å²) in [5, 5.41) is 1.34. The van der Waals surface area contributed by atoms with Crippen LogP contribution in [0.25, 0.3) is 11.3 Å². The Balaban J connectivity index is 1.96. The fourth-order valence-corrected chi connectivity index (χ4v) is 4.48. The highest BCUT2D eigenvalue weighted by atomic mass is 79.9. The third-order valence-corrected chi connectivity index (χ3v) is 5.81. The maximum atomic E-state index is 4.95. The highest BCUT2D eigenvalue weighted by Crippen LogP contribution is 2.42. The van der Waals surface area contributed by atoms with Crippen LogP contribution >= 0.6 is 27.3 Å². The summed E-state index contributed by atoms with van der Waals surface area (Å²) in [6.45, 7) is 4.55. The van der Waals surface area contributed by atoms with Crippen LogP contribution in [0, 0.1) is 12.8 Å². The van der Waals surface area contributed by atoms with E-state index in [4.69, 9.17) is 4.98 Å². The first-order chi connectivity index (χ1) is 9.15. The Morgan fingerprint density at radius 3 is 2.74 bits per heavy atom. The van der Waals surface area contributed by atoms with Gasteiger partial charge in [-0.3, -0.25) is 0 Å². The molecule has 1 fully saturated rings. The summed E-state index contributed by atoms with van der Waals surface area (Å²) in [6.07, 6.45) is 3.97. The molecule has 1 aromatic carbocycles. The van der Waals surface area contributed by atoms with Gasteiger partial charge in [0, 0.05) is 20.8 Å². The normalized spacial score (nSPS) is 22.9. The van der Waals surface area contributed by atoms with Gasteiger partial charge in [-0.1, -0.05) is 47.5 Å². The zero-order chi connectivity index (χ0) is 13.4. The third-order valence-electron chi connectivity index (χ3n) is 3.99. The topological polar surface area (TPSA) is 12.9 Å². The second kappa shape index (κ2) is 5.37. The minimum Gasteiger partial charge on any atom is -0.241 e. The monoisotopic (exact) mass is 335 g/mol. The molecule has 0 spiro atoms. The van der Waals surface area contributed by atoms with Crippen LogP contribution in [0.1, 0.15) is 42.0 Å². The Labute approximate surface area is 127 Å². The zero-order valence-electron chi connectivity index (χ0n) is 11.3. The minimum absolute atomic E-state index is 0.690. The number of halogens is 1. The number of benzene rings is 1. The smallest absolute Gasteiger partial charge is 0.0966 e. The highest BCUT2D eigenvalue weighted by molar-refractivity contribution is 9.10. The zero-order valence-corrected chi connectivity index (χ0v) is 13.7. The highest BCUT2D eigenvalue weighted by Gasteiger charge is 2.26. The van der Waals surface area contributed by atoms with Crippen LogP contribution in [0.3, 0.4) is 0 Å². The fraction of sp³-hybridized carbons (Fsp3) is 0.438. The molecule has 1 heterocycles. The van der Waals surface area contributed by atoms with E-state index in [1.54, 1.807) is 0 Å². The summed E-state index contributed by atoms with van der Waals surface area (Å²) in [6, 6.07) is 8.36. The molecule has 2 unspecified atom stereocenters. The number of hydrogen-bond donors (Lipinski definition) is 0. The van der Waals surface area contributed by atoms with E-state index in [0.717, 1.165) is 16.1 Å². The molecule has 1 aliphatic rings. The number of aryl methyl sites for hydroxylation is 1. The van der Waals surface area contributed by atoms with Gasteiger partial charge in [0.15, 0.2) is 0 Å². The summed E-state index contributed by atoms with van der Waals surface area (Å²) in [4.78, 5) is 6.28. The summed E-state index contributed by atoms with van der Waals surface area (Å²) < 4.78 is 1.13. The van der Waals surface area contributed by atoms with E-state index >= 15 is 0 Å². The minimum atomic E-state index is 0.690. The van der Waals surface area contributed by atoms with Gasteiger partial charge in [-0.15, -0.1) is 11.3 Å². The number of thiazole rings is 1. The van der Waals surface area contributed by atoms with Gasteiger partial charge < -0.3 is 0 Å². The quantitative estimate of drug-likeness (QED) is 0.677. The molecule has 0 aliphatic heterocycles. The lowest BCUT2D eigenvalue weighted by Crippen LogP contribution is -1.92. The number of nitrogens with zero attached hydrogens (tertiary/aromatic N) is 1. The predicted molar refractivity (Wildman–Crippen MR) is 85.7 cm³/mol. The molecule has 0 N–H and O–H groups in total. The summed E-state index contributed by atoms with van der Waals surface area (Å²) in [7, 11) is 0. The summed E-state index contributed by atoms with van der Waals surface area (Å²) >= 11 is 5.52. The molecular formula is C16H18BrNS. The van der Waals surface area contributed by atoms with Crippen LogP contribution in [0.4, 0.5) is 0 Å². The Hall–Kier alpha value is -0.670. The molecule has 2 aromatic rings. The van der Waals surface area contributed by atoms with Gasteiger partial charge in [-0.2, -0.15) is 0 Å². The Bertz CT molecular complexity index is 590. The SMILES string of the molecule is Cc1sc(C2CCC(C)C2)nc1-c1ccccc1Br. The molecule has 0 amide bonds. The van der Waals surface area contributed by atoms with Crippen molar-refractivity contribution >= 4 is 27.3 Å². The van der Waals surface area contributed by atoms with Gasteiger partial charge in [0.2, 0.25) is 0 Å². The summed E-state index contributed by atoms with van der Waals surface area (Å²) in [5.41, 5.74) is 2.38. The van der Waals surface area contributed by atoms with Crippen molar-refractivity contribution in [3.8, 4) is 11.3 Å². The van der Waals surface area contributed by atoms with Crippen molar-refractivity contribution in [2.45, 2.75) is 39.0 Å². The third kappa shape index (κ3) is 2.63. The Kier molecular flexibility index (Phi) is 3.77.